The van der Waals surface area contributed by atoms with Gasteiger partial charge in [-0.1, -0.05) is 41.7 Å². The Kier molecular flexibility index (Phi) is 5.24. The number of hydrogen-bond donors (Lipinski definition) is 1. The summed E-state index contributed by atoms with van der Waals surface area (Å²) in [5.74, 6) is -0.777. The smallest absolute Gasteiger partial charge is 0.285 e. The van der Waals surface area contributed by atoms with Crippen molar-refractivity contribution in [2.75, 3.05) is 6.54 Å². The van der Waals surface area contributed by atoms with Gasteiger partial charge in [0.15, 0.2) is 0 Å². The van der Waals surface area contributed by atoms with Gasteiger partial charge in [-0.25, -0.2) is 0 Å². The molecular formula is C13H13ClN4O2S. The molecule has 8 heteroatoms. The van der Waals surface area contributed by atoms with Crippen molar-refractivity contribution in [2.24, 2.45) is 5.73 Å². The first kappa shape index (κ1) is 15.4. The second-order valence-corrected chi connectivity index (χ2v) is 5.85. The maximum absolute atomic E-state index is 12.4. The molecule has 0 bridgehead atoms. The highest BCUT2D eigenvalue weighted by Gasteiger charge is 2.20. The summed E-state index contributed by atoms with van der Waals surface area (Å²) in [7, 11) is 0. The molecule has 2 N–H and O–H groups in total. The average Bonchev–Trinajstić information content (AvgIpc) is 2.90. The largest absolute Gasteiger partial charge is 0.370 e. The molecule has 2 rings (SSSR count). The Morgan fingerprint density at radius 1 is 1.24 bits per heavy atom. The Balaban J connectivity index is 2.14. The predicted octanol–water partition coefficient (Wildman–Crippen LogP) is 1.71. The highest BCUT2D eigenvalue weighted by Crippen LogP contribution is 2.18. The topological polar surface area (TPSA) is 89.2 Å². The summed E-state index contributed by atoms with van der Waals surface area (Å²) >= 11 is 6.70. The first-order valence-corrected chi connectivity index (χ1v) is 7.36. The van der Waals surface area contributed by atoms with Crippen molar-refractivity contribution in [2.45, 2.75) is 13.0 Å². The van der Waals surface area contributed by atoms with Gasteiger partial charge in [-0.15, -0.1) is 10.2 Å². The summed E-state index contributed by atoms with van der Waals surface area (Å²) in [5.41, 5.74) is 6.10. The van der Waals surface area contributed by atoms with Crippen molar-refractivity contribution in [3.05, 3.63) is 45.4 Å². The molecule has 2 aromatic rings. The number of carbonyl (C=O) groups is 2. The minimum absolute atomic E-state index is 0.0884. The predicted molar refractivity (Wildman–Crippen MR) is 79.9 cm³/mol. The summed E-state index contributed by atoms with van der Waals surface area (Å²) in [4.78, 5) is 24.9. The van der Waals surface area contributed by atoms with Gasteiger partial charge in [0.2, 0.25) is 15.4 Å². The zero-order chi connectivity index (χ0) is 15.2. The van der Waals surface area contributed by atoms with Gasteiger partial charge < -0.3 is 10.6 Å². The van der Waals surface area contributed by atoms with E-state index in [1.54, 1.807) is 0 Å². The van der Waals surface area contributed by atoms with Gasteiger partial charge in [-0.05, 0) is 17.2 Å². The van der Waals surface area contributed by atoms with Gasteiger partial charge in [0.05, 0.1) is 0 Å². The lowest BCUT2D eigenvalue weighted by Gasteiger charge is -2.20. The van der Waals surface area contributed by atoms with Crippen molar-refractivity contribution < 1.29 is 9.59 Å². The van der Waals surface area contributed by atoms with E-state index in [0.717, 1.165) is 16.9 Å². The molecule has 21 heavy (non-hydrogen) atoms. The van der Waals surface area contributed by atoms with Crippen LogP contribution in [0.2, 0.25) is 4.47 Å². The first-order valence-electron chi connectivity index (χ1n) is 6.17. The van der Waals surface area contributed by atoms with Crippen molar-refractivity contribution in [3.63, 3.8) is 0 Å². The van der Waals surface area contributed by atoms with Crippen LogP contribution in [0.25, 0.3) is 0 Å². The van der Waals surface area contributed by atoms with Crippen LogP contribution in [0.5, 0.6) is 0 Å². The highest BCUT2D eigenvalue weighted by atomic mass is 35.5. The minimum Gasteiger partial charge on any atom is -0.370 e. The van der Waals surface area contributed by atoms with Crippen LogP contribution in [-0.2, 0) is 11.3 Å². The first-order chi connectivity index (χ1) is 10.1. The third kappa shape index (κ3) is 4.51. The molecule has 0 atom stereocenters. The van der Waals surface area contributed by atoms with Crippen LogP contribution in [0.15, 0.2) is 30.3 Å². The van der Waals surface area contributed by atoms with Crippen molar-refractivity contribution in [1.29, 1.82) is 0 Å². The van der Waals surface area contributed by atoms with Crippen LogP contribution in [0.1, 0.15) is 21.8 Å². The maximum Gasteiger partial charge on any atom is 0.285 e. The molecule has 0 saturated carbocycles. The second kappa shape index (κ2) is 7.14. The molecule has 0 aliphatic carbocycles. The van der Waals surface area contributed by atoms with Crippen molar-refractivity contribution >= 4 is 34.8 Å². The number of carbonyl (C=O) groups excluding carboxylic acids is 2. The summed E-state index contributed by atoms with van der Waals surface area (Å²) in [6, 6.07) is 9.46. The molecule has 2 amide bonds. The molecule has 110 valence electrons. The summed E-state index contributed by atoms with van der Waals surface area (Å²) in [5, 5.41) is 7.55. The standard InChI is InChI=1S/C13H13ClN4O2S/c14-13-17-16-11(21-13)12(20)18(7-6-10(15)19)8-9-4-2-1-3-5-9/h1-5H,6-8H2,(H2,15,19). The molecule has 0 aliphatic rings. The van der Waals surface area contributed by atoms with Gasteiger partial charge >= 0.3 is 0 Å². The third-order valence-electron chi connectivity index (χ3n) is 2.71. The number of amides is 2. The highest BCUT2D eigenvalue weighted by molar-refractivity contribution is 7.17. The van der Waals surface area contributed by atoms with Gasteiger partial charge in [-0.3, -0.25) is 9.59 Å². The molecule has 0 fully saturated rings. The van der Waals surface area contributed by atoms with Crippen molar-refractivity contribution in [3.8, 4) is 0 Å². The number of primary amides is 1. The zero-order valence-corrected chi connectivity index (χ0v) is 12.6. The molecule has 1 heterocycles. The lowest BCUT2D eigenvalue weighted by atomic mass is 10.2. The van der Waals surface area contributed by atoms with E-state index in [4.69, 9.17) is 17.3 Å². The van der Waals surface area contributed by atoms with E-state index >= 15 is 0 Å². The molecule has 1 aromatic carbocycles. The van der Waals surface area contributed by atoms with E-state index in [0.29, 0.717) is 6.54 Å². The quantitative estimate of drug-likeness (QED) is 0.876. The number of nitrogens with zero attached hydrogens (tertiary/aromatic N) is 3. The normalized spacial score (nSPS) is 10.3. The fourth-order valence-corrected chi connectivity index (χ4v) is 2.52. The van der Waals surface area contributed by atoms with Crippen molar-refractivity contribution in [1.82, 2.24) is 15.1 Å². The van der Waals surface area contributed by atoms with Gasteiger partial charge in [0, 0.05) is 19.5 Å². The van der Waals surface area contributed by atoms with Gasteiger partial charge in [0.1, 0.15) is 0 Å². The van der Waals surface area contributed by atoms with Crippen LogP contribution < -0.4 is 5.73 Å². The van der Waals surface area contributed by atoms with E-state index in [-0.39, 0.29) is 28.3 Å². The fraction of sp³-hybridized carbons (Fsp3) is 0.231. The number of rotatable bonds is 6. The van der Waals surface area contributed by atoms with Crippen LogP contribution in [-0.4, -0.2) is 33.5 Å². The van der Waals surface area contributed by atoms with E-state index in [2.05, 4.69) is 10.2 Å². The number of halogens is 1. The Morgan fingerprint density at radius 2 is 1.95 bits per heavy atom. The SMILES string of the molecule is NC(=O)CCN(Cc1ccccc1)C(=O)c1nnc(Cl)s1. The molecule has 6 nitrogen and oxygen atoms in total. The molecule has 0 spiro atoms. The second-order valence-electron chi connectivity index (χ2n) is 4.29. The molecule has 0 saturated heterocycles. The molecular weight excluding hydrogens is 312 g/mol. The van der Waals surface area contributed by atoms with Crippen LogP contribution in [0, 0.1) is 0 Å². The summed E-state index contributed by atoms with van der Waals surface area (Å²) in [6.45, 7) is 0.588. The molecule has 1 aromatic heterocycles. The molecule has 0 aliphatic heterocycles. The average molecular weight is 325 g/mol. The van der Waals surface area contributed by atoms with E-state index in [1.807, 2.05) is 30.3 Å². The number of aromatic nitrogens is 2. The monoisotopic (exact) mass is 324 g/mol. The maximum atomic E-state index is 12.4. The van der Waals surface area contributed by atoms with Gasteiger partial charge in [-0.2, -0.15) is 0 Å². The van der Waals surface area contributed by atoms with E-state index in [9.17, 15) is 9.59 Å². The fourth-order valence-electron chi connectivity index (χ4n) is 1.73. The minimum atomic E-state index is -0.462. The number of nitrogens with two attached hydrogens (primary N) is 1. The van der Waals surface area contributed by atoms with Gasteiger partial charge in [0.25, 0.3) is 5.91 Å². The molecule has 0 radical (unpaired) electrons. The van der Waals surface area contributed by atoms with Crippen LogP contribution in [0.3, 0.4) is 0 Å². The van der Waals surface area contributed by atoms with E-state index < -0.39 is 5.91 Å². The lowest BCUT2D eigenvalue weighted by molar-refractivity contribution is -0.118. The Hall–Kier alpha value is -1.99. The Bertz CT molecular complexity index is 632. The van der Waals surface area contributed by atoms with Crippen LogP contribution in [0.4, 0.5) is 0 Å². The van der Waals surface area contributed by atoms with E-state index in [1.165, 1.54) is 4.90 Å². The summed E-state index contributed by atoms with van der Waals surface area (Å²) in [6.07, 6.45) is 0.0884. The Morgan fingerprint density at radius 3 is 2.52 bits per heavy atom. The number of benzene rings is 1. The number of hydrogen-bond acceptors (Lipinski definition) is 5. The van der Waals surface area contributed by atoms with Crippen LogP contribution >= 0.6 is 22.9 Å². The molecule has 0 unspecified atom stereocenters. The third-order valence-corrected chi connectivity index (χ3v) is 3.72. The summed E-state index contributed by atoms with van der Waals surface area (Å²) < 4.78 is 0.202. The Labute approximate surface area is 130 Å². The zero-order valence-electron chi connectivity index (χ0n) is 11.0. The lowest BCUT2D eigenvalue weighted by Crippen LogP contribution is -2.33.